The number of nitrogens with one attached hydrogen (secondary N) is 1. The largest absolute Gasteiger partial charge is 0.380 e. The second kappa shape index (κ2) is 7.77. The molecule has 0 amide bonds. The van der Waals surface area contributed by atoms with E-state index in [1.165, 1.54) is 11.1 Å². The summed E-state index contributed by atoms with van der Waals surface area (Å²) in [6, 6.07) is 10.0. The monoisotopic (exact) mass is 276 g/mol. The summed E-state index contributed by atoms with van der Waals surface area (Å²) in [6.07, 6.45) is 2.26. The fraction of sp³-hybridized carbons (Fsp3) is 0.647. The topological polar surface area (TPSA) is 24.5 Å². The molecular formula is C17H28N2O. The van der Waals surface area contributed by atoms with Crippen LogP contribution in [-0.2, 0) is 11.2 Å². The molecule has 1 heterocycles. The number of benzene rings is 1. The van der Waals surface area contributed by atoms with Crippen LogP contribution in [0.3, 0.4) is 0 Å². The molecule has 1 fully saturated rings. The van der Waals surface area contributed by atoms with E-state index in [-0.39, 0.29) is 0 Å². The Labute approximate surface area is 123 Å². The average Bonchev–Trinajstić information content (AvgIpc) is 3.01. The molecule has 1 aromatic rings. The van der Waals surface area contributed by atoms with E-state index >= 15 is 0 Å². The molecule has 0 saturated carbocycles. The molecule has 1 saturated heterocycles. The highest BCUT2D eigenvalue weighted by atomic mass is 16.5. The molecular weight excluding hydrogens is 248 g/mol. The number of ether oxygens (including phenoxy) is 1. The molecule has 20 heavy (non-hydrogen) atoms. The van der Waals surface area contributed by atoms with Crippen LogP contribution in [0, 0.1) is 0 Å². The van der Waals surface area contributed by atoms with Gasteiger partial charge in [0.15, 0.2) is 0 Å². The van der Waals surface area contributed by atoms with Gasteiger partial charge in [-0.2, -0.15) is 0 Å². The molecule has 3 nitrogen and oxygen atoms in total. The van der Waals surface area contributed by atoms with E-state index in [0.29, 0.717) is 12.1 Å². The minimum Gasteiger partial charge on any atom is -0.380 e. The van der Waals surface area contributed by atoms with Gasteiger partial charge in [-0.15, -0.1) is 0 Å². The highest BCUT2D eigenvalue weighted by Crippen LogP contribution is 2.18. The van der Waals surface area contributed by atoms with Crippen LogP contribution < -0.4 is 5.32 Å². The first-order valence-corrected chi connectivity index (χ1v) is 7.84. The normalized spacial score (nSPS) is 20.5. The van der Waals surface area contributed by atoms with Gasteiger partial charge in [0.2, 0.25) is 0 Å². The molecule has 1 aromatic carbocycles. The van der Waals surface area contributed by atoms with Crippen molar-refractivity contribution in [3.05, 3.63) is 35.4 Å². The molecule has 112 valence electrons. The SMILES string of the molecule is CCNC(CN(C)C1CCOC1)c1ccc(CC)cc1. The predicted octanol–water partition coefficient (Wildman–Crippen LogP) is 2.62. The minimum absolute atomic E-state index is 0.400. The van der Waals surface area contributed by atoms with E-state index < -0.39 is 0 Å². The van der Waals surface area contributed by atoms with Crippen molar-refractivity contribution in [1.29, 1.82) is 0 Å². The highest BCUT2D eigenvalue weighted by molar-refractivity contribution is 5.25. The van der Waals surface area contributed by atoms with Crippen LogP contribution in [0.2, 0.25) is 0 Å². The van der Waals surface area contributed by atoms with Crippen molar-refractivity contribution in [2.24, 2.45) is 0 Å². The first-order chi connectivity index (χ1) is 9.74. The van der Waals surface area contributed by atoms with Gasteiger partial charge >= 0.3 is 0 Å². The Hall–Kier alpha value is -0.900. The summed E-state index contributed by atoms with van der Waals surface area (Å²) < 4.78 is 5.49. The van der Waals surface area contributed by atoms with Crippen molar-refractivity contribution < 1.29 is 4.74 Å². The summed E-state index contributed by atoms with van der Waals surface area (Å²) in [7, 11) is 2.21. The lowest BCUT2D eigenvalue weighted by molar-refractivity contribution is 0.153. The molecule has 0 aromatic heterocycles. The van der Waals surface area contributed by atoms with Crippen molar-refractivity contribution in [3.63, 3.8) is 0 Å². The summed E-state index contributed by atoms with van der Waals surface area (Å²) in [5.41, 5.74) is 2.79. The van der Waals surface area contributed by atoms with Gasteiger partial charge in [0, 0.05) is 25.2 Å². The first kappa shape index (κ1) is 15.5. The van der Waals surface area contributed by atoms with Crippen LogP contribution in [0.4, 0.5) is 0 Å². The van der Waals surface area contributed by atoms with Crippen LogP contribution in [0.15, 0.2) is 24.3 Å². The molecule has 2 rings (SSSR count). The lowest BCUT2D eigenvalue weighted by atomic mass is 10.0. The molecule has 1 aliphatic heterocycles. The van der Waals surface area contributed by atoms with E-state index in [0.717, 1.165) is 39.1 Å². The van der Waals surface area contributed by atoms with Crippen LogP contribution >= 0.6 is 0 Å². The third kappa shape index (κ3) is 4.05. The zero-order chi connectivity index (χ0) is 14.4. The number of hydrogen-bond acceptors (Lipinski definition) is 3. The van der Waals surface area contributed by atoms with Crippen molar-refractivity contribution in [3.8, 4) is 0 Å². The molecule has 1 aliphatic rings. The quantitative estimate of drug-likeness (QED) is 0.828. The average molecular weight is 276 g/mol. The standard InChI is InChI=1S/C17H28N2O/c1-4-14-6-8-15(9-7-14)17(18-5-2)12-19(3)16-10-11-20-13-16/h6-9,16-18H,4-5,10-13H2,1-3H3. The summed E-state index contributed by atoms with van der Waals surface area (Å²) >= 11 is 0. The molecule has 3 heteroatoms. The second-order valence-electron chi connectivity index (χ2n) is 5.66. The van der Waals surface area contributed by atoms with E-state index in [1.807, 2.05) is 0 Å². The Kier molecular flexibility index (Phi) is 6.02. The van der Waals surface area contributed by atoms with E-state index in [1.54, 1.807) is 0 Å². The van der Waals surface area contributed by atoms with Gasteiger partial charge in [-0.3, -0.25) is 4.90 Å². The molecule has 2 atom stereocenters. The lowest BCUT2D eigenvalue weighted by Gasteiger charge is -2.29. The number of aryl methyl sites for hydroxylation is 1. The van der Waals surface area contributed by atoms with E-state index in [4.69, 9.17) is 4.74 Å². The van der Waals surface area contributed by atoms with Crippen molar-refractivity contribution in [2.45, 2.75) is 38.8 Å². The van der Waals surface area contributed by atoms with Gasteiger partial charge in [0.1, 0.15) is 0 Å². The Balaban J connectivity index is 2.00. The maximum absolute atomic E-state index is 5.49. The number of hydrogen-bond donors (Lipinski definition) is 1. The molecule has 0 aliphatic carbocycles. The van der Waals surface area contributed by atoms with Crippen LogP contribution in [-0.4, -0.2) is 44.3 Å². The van der Waals surface area contributed by atoms with Gasteiger partial charge in [0.05, 0.1) is 6.61 Å². The number of likely N-dealkylation sites (N-methyl/N-ethyl adjacent to an activating group) is 2. The van der Waals surface area contributed by atoms with Crippen molar-refractivity contribution in [1.82, 2.24) is 10.2 Å². The van der Waals surface area contributed by atoms with Crippen LogP contribution in [0.25, 0.3) is 0 Å². The third-order valence-electron chi connectivity index (χ3n) is 4.24. The highest BCUT2D eigenvalue weighted by Gasteiger charge is 2.23. The lowest BCUT2D eigenvalue weighted by Crippen LogP contribution is -2.39. The summed E-state index contributed by atoms with van der Waals surface area (Å²) in [6.45, 7) is 8.19. The molecule has 0 bridgehead atoms. The first-order valence-electron chi connectivity index (χ1n) is 7.84. The molecule has 1 N–H and O–H groups in total. The maximum atomic E-state index is 5.49. The van der Waals surface area contributed by atoms with Crippen molar-refractivity contribution >= 4 is 0 Å². The predicted molar refractivity (Wildman–Crippen MR) is 84.1 cm³/mol. The van der Waals surface area contributed by atoms with Gasteiger partial charge in [-0.05, 0) is 37.6 Å². The minimum atomic E-state index is 0.400. The molecule has 2 unspecified atom stereocenters. The van der Waals surface area contributed by atoms with Crippen molar-refractivity contribution in [2.75, 3.05) is 33.4 Å². The van der Waals surface area contributed by atoms with Gasteiger partial charge < -0.3 is 10.1 Å². The number of nitrogens with zero attached hydrogens (tertiary/aromatic N) is 1. The Morgan fingerprint density at radius 2 is 2.05 bits per heavy atom. The summed E-state index contributed by atoms with van der Waals surface area (Å²) in [5, 5.41) is 3.61. The molecule has 0 spiro atoms. The number of rotatable bonds is 7. The Morgan fingerprint density at radius 3 is 2.60 bits per heavy atom. The summed E-state index contributed by atoms with van der Waals surface area (Å²) in [5.74, 6) is 0. The fourth-order valence-electron chi connectivity index (χ4n) is 2.83. The third-order valence-corrected chi connectivity index (χ3v) is 4.24. The Morgan fingerprint density at radius 1 is 1.30 bits per heavy atom. The summed E-state index contributed by atoms with van der Waals surface area (Å²) in [4.78, 5) is 2.44. The van der Waals surface area contributed by atoms with Gasteiger partial charge in [-0.25, -0.2) is 0 Å². The maximum Gasteiger partial charge on any atom is 0.0622 e. The van der Waals surface area contributed by atoms with Crippen LogP contribution in [0.5, 0.6) is 0 Å². The molecule has 0 radical (unpaired) electrons. The van der Waals surface area contributed by atoms with Gasteiger partial charge in [0.25, 0.3) is 0 Å². The zero-order valence-electron chi connectivity index (χ0n) is 13.1. The Bertz CT molecular complexity index is 384. The van der Waals surface area contributed by atoms with E-state index in [2.05, 4.69) is 55.4 Å². The second-order valence-corrected chi connectivity index (χ2v) is 5.66. The van der Waals surface area contributed by atoms with Gasteiger partial charge in [-0.1, -0.05) is 38.1 Å². The fourth-order valence-corrected chi connectivity index (χ4v) is 2.83. The zero-order valence-corrected chi connectivity index (χ0v) is 13.1. The van der Waals surface area contributed by atoms with Crippen LogP contribution in [0.1, 0.15) is 37.4 Å². The smallest absolute Gasteiger partial charge is 0.0622 e. The van der Waals surface area contributed by atoms with E-state index in [9.17, 15) is 0 Å².